The first-order valence-corrected chi connectivity index (χ1v) is 8.77. The topological polar surface area (TPSA) is 50.8 Å². The minimum atomic E-state index is -0.520. The third kappa shape index (κ3) is 3.30. The minimum Gasteiger partial charge on any atom is -0.480 e. The highest BCUT2D eigenvalue weighted by Gasteiger charge is 2.30. The van der Waals surface area contributed by atoms with Crippen molar-refractivity contribution in [3.05, 3.63) is 53.1 Å². The van der Waals surface area contributed by atoms with Crippen LogP contribution >= 0.6 is 11.6 Å². The van der Waals surface area contributed by atoms with E-state index >= 15 is 0 Å². The Bertz CT molecular complexity index is 765. The Morgan fingerprint density at radius 1 is 1.12 bits per heavy atom. The first-order valence-electron chi connectivity index (χ1n) is 8.39. The Morgan fingerprint density at radius 2 is 1.92 bits per heavy atom. The molecule has 1 atom stereocenters. The summed E-state index contributed by atoms with van der Waals surface area (Å²) in [5.41, 5.74) is 2.61. The number of morpholine rings is 1. The lowest BCUT2D eigenvalue weighted by Gasteiger charge is -2.31. The fourth-order valence-electron chi connectivity index (χ4n) is 3.27. The molecule has 1 amide bonds. The molecule has 0 spiro atoms. The Hall–Kier alpha value is -2.24. The summed E-state index contributed by atoms with van der Waals surface area (Å²) >= 11 is 6.41. The van der Waals surface area contributed by atoms with Crippen LogP contribution in [0.4, 0.5) is 11.4 Å². The summed E-state index contributed by atoms with van der Waals surface area (Å²) in [6.07, 6.45) is 0.0593. The van der Waals surface area contributed by atoms with Crippen LogP contribution in [0, 0.1) is 0 Å². The zero-order valence-corrected chi connectivity index (χ0v) is 14.5. The third-order valence-electron chi connectivity index (χ3n) is 4.51. The third-order valence-corrected chi connectivity index (χ3v) is 4.82. The van der Waals surface area contributed by atoms with Crippen LogP contribution in [-0.2, 0) is 16.0 Å². The number of rotatable bonds is 3. The van der Waals surface area contributed by atoms with E-state index in [0.717, 1.165) is 30.1 Å². The van der Waals surface area contributed by atoms with Crippen molar-refractivity contribution in [3.8, 4) is 5.75 Å². The Kier molecular flexibility index (Phi) is 4.51. The number of fused-ring (bicyclic) bond motifs is 1. The summed E-state index contributed by atoms with van der Waals surface area (Å²) in [6.45, 7) is 2.80. The van der Waals surface area contributed by atoms with E-state index in [-0.39, 0.29) is 5.91 Å². The lowest BCUT2D eigenvalue weighted by molar-refractivity contribution is -0.122. The van der Waals surface area contributed by atoms with Crippen molar-refractivity contribution >= 4 is 28.9 Å². The number of halogens is 1. The molecule has 0 aliphatic carbocycles. The Morgan fingerprint density at radius 3 is 2.72 bits per heavy atom. The normalized spacial score (nSPS) is 19.2. The van der Waals surface area contributed by atoms with Gasteiger partial charge in [-0.3, -0.25) is 4.79 Å². The summed E-state index contributed by atoms with van der Waals surface area (Å²) in [7, 11) is 0. The molecule has 2 heterocycles. The molecule has 2 aromatic rings. The maximum absolute atomic E-state index is 12.7. The predicted molar refractivity (Wildman–Crippen MR) is 97.7 cm³/mol. The number of hydrogen-bond donors (Lipinski definition) is 1. The SMILES string of the molecule is O=C(Nc1cccc(Cl)c1N1CCOCC1)[C@H]1Cc2ccccc2O1. The number of hydrogen-bond acceptors (Lipinski definition) is 4. The smallest absolute Gasteiger partial charge is 0.265 e. The van der Waals surface area contributed by atoms with Crippen molar-refractivity contribution in [2.75, 3.05) is 36.5 Å². The monoisotopic (exact) mass is 358 g/mol. The number of nitrogens with zero attached hydrogens (tertiary/aromatic N) is 1. The number of para-hydroxylation sites is 2. The number of carbonyl (C=O) groups is 1. The highest BCUT2D eigenvalue weighted by Crippen LogP contribution is 2.35. The summed E-state index contributed by atoms with van der Waals surface area (Å²) in [6, 6.07) is 13.3. The summed E-state index contributed by atoms with van der Waals surface area (Å²) in [5.74, 6) is 0.620. The Labute approximate surface area is 151 Å². The van der Waals surface area contributed by atoms with Gasteiger partial charge in [0.05, 0.1) is 29.6 Å². The van der Waals surface area contributed by atoms with Gasteiger partial charge in [-0.2, -0.15) is 0 Å². The molecule has 0 saturated carbocycles. The minimum absolute atomic E-state index is 0.159. The van der Waals surface area contributed by atoms with Crippen molar-refractivity contribution < 1.29 is 14.3 Å². The average molecular weight is 359 g/mol. The quantitative estimate of drug-likeness (QED) is 0.916. The second-order valence-corrected chi connectivity index (χ2v) is 6.55. The highest BCUT2D eigenvalue weighted by atomic mass is 35.5. The maximum Gasteiger partial charge on any atom is 0.265 e. The number of nitrogens with one attached hydrogen (secondary N) is 1. The van der Waals surface area contributed by atoms with Crippen molar-refractivity contribution in [2.45, 2.75) is 12.5 Å². The molecule has 0 bridgehead atoms. The van der Waals surface area contributed by atoms with Gasteiger partial charge in [-0.15, -0.1) is 0 Å². The maximum atomic E-state index is 12.7. The van der Waals surface area contributed by atoms with Crippen LogP contribution in [0.25, 0.3) is 0 Å². The summed E-state index contributed by atoms with van der Waals surface area (Å²) in [5, 5.41) is 3.62. The molecule has 130 valence electrons. The summed E-state index contributed by atoms with van der Waals surface area (Å²) in [4.78, 5) is 14.9. The average Bonchev–Trinajstić information content (AvgIpc) is 3.07. The first kappa shape index (κ1) is 16.2. The zero-order chi connectivity index (χ0) is 17.2. The molecule has 2 aromatic carbocycles. The molecule has 2 aliphatic rings. The molecule has 6 heteroatoms. The fraction of sp³-hybridized carbons (Fsp3) is 0.316. The molecule has 4 rings (SSSR count). The van der Waals surface area contributed by atoms with E-state index in [0.29, 0.717) is 30.3 Å². The summed E-state index contributed by atoms with van der Waals surface area (Å²) < 4.78 is 11.2. The fourth-order valence-corrected chi connectivity index (χ4v) is 3.56. The van der Waals surface area contributed by atoms with Gasteiger partial charge in [-0.1, -0.05) is 35.9 Å². The van der Waals surface area contributed by atoms with Gasteiger partial charge in [0.15, 0.2) is 6.10 Å². The molecular weight excluding hydrogens is 340 g/mol. The van der Waals surface area contributed by atoms with Crippen molar-refractivity contribution in [1.82, 2.24) is 0 Å². The molecule has 0 aromatic heterocycles. The van der Waals surface area contributed by atoms with Gasteiger partial charge < -0.3 is 19.7 Å². The number of ether oxygens (including phenoxy) is 2. The van der Waals surface area contributed by atoms with E-state index in [9.17, 15) is 4.79 Å². The number of anilines is 2. The van der Waals surface area contributed by atoms with Crippen LogP contribution in [0.3, 0.4) is 0 Å². The van der Waals surface area contributed by atoms with Crippen LogP contribution in [0.15, 0.2) is 42.5 Å². The van der Waals surface area contributed by atoms with E-state index in [2.05, 4.69) is 10.2 Å². The largest absolute Gasteiger partial charge is 0.480 e. The van der Waals surface area contributed by atoms with Crippen LogP contribution in [0.5, 0.6) is 5.75 Å². The van der Waals surface area contributed by atoms with Gasteiger partial charge in [0, 0.05) is 19.5 Å². The number of benzene rings is 2. The molecule has 5 nitrogen and oxygen atoms in total. The first-order chi connectivity index (χ1) is 12.2. The molecule has 1 fully saturated rings. The Balaban J connectivity index is 1.53. The lowest BCUT2D eigenvalue weighted by Crippen LogP contribution is -2.38. The van der Waals surface area contributed by atoms with E-state index in [1.54, 1.807) is 0 Å². The van der Waals surface area contributed by atoms with Gasteiger partial charge in [-0.25, -0.2) is 0 Å². The van der Waals surface area contributed by atoms with Gasteiger partial charge in [0.1, 0.15) is 5.75 Å². The van der Waals surface area contributed by atoms with E-state index in [4.69, 9.17) is 21.1 Å². The number of carbonyl (C=O) groups excluding carboxylic acids is 1. The molecule has 0 unspecified atom stereocenters. The standard InChI is InChI=1S/C19H19ClN2O3/c20-14-5-3-6-15(18(14)22-8-10-24-11-9-22)21-19(23)17-12-13-4-1-2-7-16(13)25-17/h1-7,17H,8-12H2,(H,21,23)/t17-/m1/s1. The zero-order valence-electron chi connectivity index (χ0n) is 13.7. The van der Waals surface area contributed by atoms with Crippen LogP contribution < -0.4 is 15.0 Å². The van der Waals surface area contributed by atoms with Gasteiger partial charge in [-0.05, 0) is 23.8 Å². The second kappa shape index (κ2) is 6.94. The van der Waals surface area contributed by atoms with E-state index < -0.39 is 6.10 Å². The molecule has 0 radical (unpaired) electrons. The molecular formula is C19H19ClN2O3. The number of amides is 1. The van der Waals surface area contributed by atoms with Gasteiger partial charge in [0.2, 0.25) is 0 Å². The van der Waals surface area contributed by atoms with Crippen LogP contribution in [-0.4, -0.2) is 38.3 Å². The van der Waals surface area contributed by atoms with Crippen LogP contribution in [0.2, 0.25) is 5.02 Å². The van der Waals surface area contributed by atoms with Gasteiger partial charge >= 0.3 is 0 Å². The van der Waals surface area contributed by atoms with E-state index in [1.807, 2.05) is 42.5 Å². The van der Waals surface area contributed by atoms with Crippen molar-refractivity contribution in [3.63, 3.8) is 0 Å². The van der Waals surface area contributed by atoms with E-state index in [1.165, 1.54) is 0 Å². The molecule has 1 N–H and O–H groups in total. The van der Waals surface area contributed by atoms with Crippen molar-refractivity contribution in [2.24, 2.45) is 0 Å². The van der Waals surface area contributed by atoms with Gasteiger partial charge in [0.25, 0.3) is 5.91 Å². The second-order valence-electron chi connectivity index (χ2n) is 6.14. The molecule has 1 saturated heterocycles. The lowest BCUT2D eigenvalue weighted by atomic mass is 10.1. The highest BCUT2D eigenvalue weighted by molar-refractivity contribution is 6.34. The van der Waals surface area contributed by atoms with Crippen LogP contribution in [0.1, 0.15) is 5.56 Å². The van der Waals surface area contributed by atoms with Crippen molar-refractivity contribution in [1.29, 1.82) is 0 Å². The predicted octanol–water partition coefficient (Wildman–Crippen LogP) is 3.12. The molecule has 2 aliphatic heterocycles. The molecule has 25 heavy (non-hydrogen) atoms.